The Labute approximate surface area is 172 Å². The van der Waals surface area contributed by atoms with Gasteiger partial charge in [-0.25, -0.2) is 13.8 Å². The van der Waals surface area contributed by atoms with Gasteiger partial charge in [0.1, 0.15) is 22.3 Å². The fourth-order valence-electron chi connectivity index (χ4n) is 3.96. The molecule has 1 N–H and O–H groups in total. The molecule has 3 aromatic rings. The number of halogens is 2. The Balaban J connectivity index is 1.56. The van der Waals surface area contributed by atoms with Gasteiger partial charge in [-0.3, -0.25) is 9.78 Å². The van der Waals surface area contributed by atoms with E-state index in [4.69, 9.17) is 0 Å². The highest BCUT2D eigenvalue weighted by molar-refractivity contribution is 7.13. The van der Waals surface area contributed by atoms with Crippen LogP contribution in [-0.2, 0) is 0 Å². The maximum atomic E-state index is 14.0. The van der Waals surface area contributed by atoms with Gasteiger partial charge < -0.3 is 5.32 Å². The van der Waals surface area contributed by atoms with Crippen LogP contribution in [0.2, 0.25) is 0 Å². The zero-order valence-corrected chi connectivity index (χ0v) is 16.8. The van der Waals surface area contributed by atoms with Gasteiger partial charge >= 0.3 is 0 Å². The van der Waals surface area contributed by atoms with E-state index < -0.39 is 17.5 Å². The lowest BCUT2D eigenvalue weighted by Crippen LogP contribution is -2.17. The molecule has 1 amide bonds. The lowest BCUT2D eigenvalue weighted by molar-refractivity contribution is 0.102. The molecule has 0 aliphatic heterocycles. The third-order valence-corrected chi connectivity index (χ3v) is 6.25. The molecule has 29 heavy (non-hydrogen) atoms. The molecule has 0 unspecified atom stereocenters. The van der Waals surface area contributed by atoms with Gasteiger partial charge in [-0.05, 0) is 48.4 Å². The molecule has 1 saturated carbocycles. The molecule has 4 nitrogen and oxygen atoms in total. The van der Waals surface area contributed by atoms with Crippen LogP contribution < -0.4 is 5.32 Å². The number of carbonyl (C=O) groups excluding carboxylic acids is 1. The second-order valence-electron chi connectivity index (χ2n) is 7.52. The molecule has 0 spiro atoms. The van der Waals surface area contributed by atoms with Crippen molar-refractivity contribution in [3.63, 3.8) is 0 Å². The number of hydrogen-bond acceptors (Lipinski definition) is 4. The van der Waals surface area contributed by atoms with Crippen LogP contribution in [0.5, 0.6) is 0 Å². The van der Waals surface area contributed by atoms with Gasteiger partial charge in [0.2, 0.25) is 0 Å². The Hall–Kier alpha value is -2.67. The highest BCUT2D eigenvalue weighted by Gasteiger charge is 2.24. The first-order valence-electron chi connectivity index (χ1n) is 9.68. The molecule has 0 bridgehead atoms. The number of thiazole rings is 1. The van der Waals surface area contributed by atoms with Crippen molar-refractivity contribution in [1.29, 1.82) is 0 Å². The first kappa shape index (κ1) is 19.6. The van der Waals surface area contributed by atoms with E-state index in [0.29, 0.717) is 17.5 Å². The summed E-state index contributed by atoms with van der Waals surface area (Å²) in [6.07, 6.45) is 7.97. The first-order chi connectivity index (χ1) is 14.0. The molecule has 2 atom stereocenters. The summed E-state index contributed by atoms with van der Waals surface area (Å²) in [4.78, 5) is 21.1. The van der Waals surface area contributed by atoms with Gasteiger partial charge in [0.15, 0.2) is 0 Å². The van der Waals surface area contributed by atoms with Crippen molar-refractivity contribution in [2.24, 2.45) is 5.92 Å². The van der Waals surface area contributed by atoms with Gasteiger partial charge in [-0.2, -0.15) is 0 Å². The molecule has 0 saturated heterocycles. The SMILES string of the molecule is C[C@@H]1CCC[C@H](c2ccncc2NC(=O)c2csc(-c3c(F)cccc3F)n2)C1. The topological polar surface area (TPSA) is 54.9 Å². The van der Waals surface area contributed by atoms with Gasteiger partial charge in [0.05, 0.1) is 17.4 Å². The molecule has 1 fully saturated rings. The molecular weight excluding hydrogens is 392 g/mol. The smallest absolute Gasteiger partial charge is 0.275 e. The van der Waals surface area contributed by atoms with Crippen LogP contribution in [0.3, 0.4) is 0 Å². The van der Waals surface area contributed by atoms with Crippen molar-refractivity contribution in [3.8, 4) is 10.6 Å². The van der Waals surface area contributed by atoms with E-state index >= 15 is 0 Å². The van der Waals surface area contributed by atoms with Crippen molar-refractivity contribution in [2.45, 2.75) is 38.5 Å². The normalized spacial score (nSPS) is 19.1. The minimum absolute atomic E-state index is 0.125. The van der Waals surface area contributed by atoms with E-state index in [1.165, 1.54) is 36.4 Å². The second-order valence-corrected chi connectivity index (χ2v) is 8.38. The quantitative estimate of drug-likeness (QED) is 0.568. The number of benzene rings is 1. The molecule has 1 aromatic carbocycles. The molecule has 2 heterocycles. The monoisotopic (exact) mass is 413 g/mol. The number of amides is 1. The summed E-state index contributed by atoms with van der Waals surface area (Å²) < 4.78 is 28.0. The predicted octanol–water partition coefficient (Wildman–Crippen LogP) is 6.03. The minimum Gasteiger partial charge on any atom is -0.319 e. The summed E-state index contributed by atoms with van der Waals surface area (Å²) in [5, 5.41) is 4.53. The Morgan fingerprint density at radius 1 is 1.21 bits per heavy atom. The fourth-order valence-corrected chi connectivity index (χ4v) is 4.81. The lowest BCUT2D eigenvalue weighted by Gasteiger charge is -2.28. The second kappa shape index (κ2) is 8.37. The minimum atomic E-state index is -0.702. The molecule has 1 aliphatic carbocycles. The molecule has 0 radical (unpaired) electrons. The number of anilines is 1. The summed E-state index contributed by atoms with van der Waals surface area (Å²) in [6, 6.07) is 5.60. The van der Waals surface area contributed by atoms with Crippen LogP contribution in [0.15, 0.2) is 42.0 Å². The lowest BCUT2D eigenvalue weighted by atomic mass is 9.78. The van der Waals surface area contributed by atoms with Gasteiger partial charge in [-0.1, -0.05) is 25.8 Å². The molecule has 1 aliphatic rings. The largest absolute Gasteiger partial charge is 0.319 e. The van der Waals surface area contributed by atoms with Gasteiger partial charge in [0.25, 0.3) is 5.91 Å². The number of hydrogen-bond donors (Lipinski definition) is 1. The van der Waals surface area contributed by atoms with Crippen LogP contribution in [0.1, 0.15) is 54.6 Å². The van der Waals surface area contributed by atoms with E-state index in [9.17, 15) is 13.6 Å². The van der Waals surface area contributed by atoms with Crippen LogP contribution in [0.25, 0.3) is 10.6 Å². The van der Waals surface area contributed by atoms with Gasteiger partial charge in [-0.15, -0.1) is 11.3 Å². The third-order valence-electron chi connectivity index (χ3n) is 5.39. The van der Waals surface area contributed by atoms with Crippen molar-refractivity contribution in [3.05, 3.63) is 64.9 Å². The van der Waals surface area contributed by atoms with E-state index in [1.807, 2.05) is 6.07 Å². The molecular formula is C22H21F2N3OS. The summed E-state index contributed by atoms with van der Waals surface area (Å²) in [6.45, 7) is 2.25. The molecule has 4 rings (SSSR count). The maximum absolute atomic E-state index is 14.0. The zero-order chi connectivity index (χ0) is 20.4. The Kier molecular flexibility index (Phi) is 5.67. The maximum Gasteiger partial charge on any atom is 0.275 e. The van der Waals surface area contributed by atoms with E-state index in [1.54, 1.807) is 12.4 Å². The van der Waals surface area contributed by atoms with E-state index in [-0.39, 0.29) is 16.3 Å². The number of carbonyl (C=O) groups is 1. The Morgan fingerprint density at radius 2 is 2.00 bits per heavy atom. The molecule has 2 aromatic heterocycles. The van der Waals surface area contributed by atoms with Crippen LogP contribution in [0.4, 0.5) is 14.5 Å². The number of pyridine rings is 1. The van der Waals surface area contributed by atoms with Crippen LogP contribution >= 0.6 is 11.3 Å². The van der Waals surface area contributed by atoms with Crippen LogP contribution in [0, 0.1) is 17.6 Å². The van der Waals surface area contributed by atoms with Crippen molar-refractivity contribution < 1.29 is 13.6 Å². The third kappa shape index (κ3) is 4.19. The predicted molar refractivity (Wildman–Crippen MR) is 110 cm³/mol. The first-order valence-corrected chi connectivity index (χ1v) is 10.6. The fraction of sp³-hybridized carbons (Fsp3) is 0.318. The Morgan fingerprint density at radius 3 is 2.76 bits per heavy atom. The number of nitrogens with one attached hydrogen (secondary N) is 1. The van der Waals surface area contributed by atoms with Crippen LogP contribution in [-0.4, -0.2) is 15.9 Å². The molecule has 150 valence electrons. The summed E-state index contributed by atoms with van der Waals surface area (Å²) in [5.41, 5.74) is 1.66. The van der Waals surface area contributed by atoms with Crippen molar-refractivity contribution in [2.75, 3.05) is 5.32 Å². The highest BCUT2D eigenvalue weighted by atomic mass is 32.1. The summed E-state index contributed by atoms with van der Waals surface area (Å²) in [7, 11) is 0. The zero-order valence-electron chi connectivity index (χ0n) is 16.0. The number of rotatable bonds is 4. The average Bonchev–Trinajstić information content (AvgIpc) is 3.18. The van der Waals surface area contributed by atoms with E-state index in [0.717, 1.165) is 29.7 Å². The van der Waals surface area contributed by atoms with E-state index in [2.05, 4.69) is 22.2 Å². The summed E-state index contributed by atoms with van der Waals surface area (Å²) >= 11 is 1.03. The Bertz CT molecular complexity index is 1020. The summed E-state index contributed by atoms with van der Waals surface area (Å²) in [5.74, 6) is -0.778. The van der Waals surface area contributed by atoms with Gasteiger partial charge in [0, 0.05) is 11.6 Å². The number of aromatic nitrogens is 2. The average molecular weight is 413 g/mol. The molecule has 7 heteroatoms. The number of nitrogens with zero attached hydrogens (tertiary/aromatic N) is 2. The highest BCUT2D eigenvalue weighted by Crippen LogP contribution is 2.38. The van der Waals surface area contributed by atoms with Crippen molar-refractivity contribution in [1.82, 2.24) is 9.97 Å². The van der Waals surface area contributed by atoms with Crippen molar-refractivity contribution >= 4 is 22.9 Å². The standard InChI is InChI=1S/C22H21F2N3OS/c1-13-4-2-5-14(10-13)15-8-9-25-11-18(15)26-21(28)19-12-29-22(27-19)20-16(23)6-3-7-17(20)24/h3,6-9,11-14H,2,4-5,10H2,1H3,(H,26,28)/t13-,14+/m1/s1.